The number of hydrogen-bond donors (Lipinski definition) is 1. The minimum Gasteiger partial charge on any atom is -0.366 e. The van der Waals surface area contributed by atoms with Crippen LogP contribution in [0.25, 0.3) is 0 Å². The third kappa shape index (κ3) is 3.34. The van der Waals surface area contributed by atoms with Gasteiger partial charge < -0.3 is 15.0 Å². The molecule has 2 rings (SSSR count). The molecule has 4 nitrogen and oxygen atoms in total. The second-order valence-corrected chi connectivity index (χ2v) is 4.49. The third-order valence-electron chi connectivity index (χ3n) is 3.40. The molecule has 0 aliphatic carbocycles. The fourth-order valence-corrected chi connectivity index (χ4v) is 2.05. The van der Waals surface area contributed by atoms with E-state index in [2.05, 4.69) is 12.2 Å². The van der Waals surface area contributed by atoms with E-state index in [4.69, 9.17) is 4.74 Å². The SMILES string of the molecule is CCC1CCN(C(=O)COC2CNC2)C1.Cl. The van der Waals surface area contributed by atoms with Gasteiger partial charge in [0.15, 0.2) is 0 Å². The molecule has 2 aliphatic heterocycles. The van der Waals surface area contributed by atoms with Crippen molar-refractivity contribution in [1.82, 2.24) is 10.2 Å². The highest BCUT2D eigenvalue weighted by Crippen LogP contribution is 2.19. The van der Waals surface area contributed by atoms with E-state index in [1.807, 2.05) is 4.90 Å². The normalized spacial score (nSPS) is 25.1. The lowest BCUT2D eigenvalue weighted by Gasteiger charge is -2.27. The van der Waals surface area contributed by atoms with Gasteiger partial charge in [-0.15, -0.1) is 12.4 Å². The molecule has 5 heteroatoms. The molecule has 1 amide bonds. The minimum atomic E-state index is 0. The fourth-order valence-electron chi connectivity index (χ4n) is 2.05. The van der Waals surface area contributed by atoms with Crippen LogP contribution in [-0.4, -0.2) is 49.7 Å². The summed E-state index contributed by atoms with van der Waals surface area (Å²) in [5.74, 6) is 0.872. The van der Waals surface area contributed by atoms with Crippen molar-refractivity contribution >= 4 is 18.3 Å². The summed E-state index contributed by atoms with van der Waals surface area (Å²) in [7, 11) is 0. The van der Waals surface area contributed by atoms with Crippen LogP contribution >= 0.6 is 12.4 Å². The number of halogens is 1. The summed E-state index contributed by atoms with van der Waals surface area (Å²) in [6.45, 7) is 6.10. The highest BCUT2D eigenvalue weighted by molar-refractivity contribution is 5.85. The van der Waals surface area contributed by atoms with Gasteiger partial charge in [-0.05, 0) is 12.3 Å². The summed E-state index contributed by atoms with van der Waals surface area (Å²) in [6.07, 6.45) is 2.60. The first-order chi connectivity index (χ1) is 7.29. The zero-order valence-electron chi connectivity index (χ0n) is 9.78. The van der Waals surface area contributed by atoms with Crippen molar-refractivity contribution in [3.05, 3.63) is 0 Å². The van der Waals surface area contributed by atoms with E-state index < -0.39 is 0 Å². The van der Waals surface area contributed by atoms with Gasteiger partial charge in [-0.25, -0.2) is 0 Å². The van der Waals surface area contributed by atoms with Gasteiger partial charge in [-0.1, -0.05) is 13.3 Å². The molecule has 1 unspecified atom stereocenters. The maximum atomic E-state index is 11.7. The molecule has 2 aliphatic rings. The van der Waals surface area contributed by atoms with Crippen molar-refractivity contribution in [2.24, 2.45) is 5.92 Å². The smallest absolute Gasteiger partial charge is 0.248 e. The van der Waals surface area contributed by atoms with Gasteiger partial charge in [0, 0.05) is 26.2 Å². The summed E-state index contributed by atoms with van der Waals surface area (Å²) < 4.78 is 5.47. The standard InChI is InChI=1S/C11H20N2O2.ClH/c1-2-9-3-4-13(7-9)11(14)8-15-10-5-12-6-10;/h9-10,12H,2-8H2,1H3;1H. The van der Waals surface area contributed by atoms with Crippen LogP contribution in [0.5, 0.6) is 0 Å². The molecule has 94 valence electrons. The van der Waals surface area contributed by atoms with Gasteiger partial charge in [0.05, 0.1) is 6.10 Å². The second kappa shape index (κ2) is 6.42. The number of amides is 1. The average molecular weight is 249 g/mol. The van der Waals surface area contributed by atoms with E-state index in [-0.39, 0.29) is 31.0 Å². The molecule has 0 aromatic heterocycles. The molecule has 0 aromatic carbocycles. The lowest BCUT2D eigenvalue weighted by molar-refractivity contribution is -0.138. The van der Waals surface area contributed by atoms with E-state index in [1.54, 1.807) is 0 Å². The Labute approximate surface area is 103 Å². The number of ether oxygens (including phenoxy) is 1. The largest absolute Gasteiger partial charge is 0.366 e. The van der Waals surface area contributed by atoms with Gasteiger partial charge in [-0.3, -0.25) is 4.79 Å². The molecule has 2 saturated heterocycles. The first-order valence-electron chi connectivity index (χ1n) is 5.89. The molecule has 1 atom stereocenters. The topological polar surface area (TPSA) is 41.6 Å². The first kappa shape index (κ1) is 13.7. The lowest BCUT2D eigenvalue weighted by Crippen LogP contribution is -2.49. The fraction of sp³-hybridized carbons (Fsp3) is 0.909. The molecule has 16 heavy (non-hydrogen) atoms. The highest BCUT2D eigenvalue weighted by atomic mass is 35.5. The number of carbonyl (C=O) groups excluding carboxylic acids is 1. The van der Waals surface area contributed by atoms with E-state index in [0.717, 1.165) is 32.6 Å². The van der Waals surface area contributed by atoms with Gasteiger partial charge in [0.2, 0.25) is 5.91 Å². The Balaban J connectivity index is 0.00000128. The molecule has 1 N–H and O–H groups in total. The highest BCUT2D eigenvalue weighted by Gasteiger charge is 2.26. The zero-order valence-corrected chi connectivity index (χ0v) is 10.6. The zero-order chi connectivity index (χ0) is 10.7. The van der Waals surface area contributed by atoms with Gasteiger partial charge >= 0.3 is 0 Å². The Hall–Kier alpha value is -0.320. The summed E-state index contributed by atoms with van der Waals surface area (Å²) in [4.78, 5) is 13.7. The average Bonchev–Trinajstić information content (AvgIpc) is 2.63. The van der Waals surface area contributed by atoms with E-state index in [9.17, 15) is 4.79 Å². The Morgan fingerprint density at radius 3 is 2.75 bits per heavy atom. The molecule has 0 spiro atoms. The Kier molecular flexibility index (Phi) is 5.52. The molecule has 2 fully saturated rings. The van der Waals surface area contributed by atoms with Gasteiger partial charge in [0.25, 0.3) is 0 Å². The number of nitrogens with one attached hydrogen (secondary N) is 1. The molecular weight excluding hydrogens is 228 g/mol. The van der Waals surface area contributed by atoms with Crippen molar-refractivity contribution in [3.8, 4) is 0 Å². The number of nitrogens with zero attached hydrogens (tertiary/aromatic N) is 1. The molecule has 0 radical (unpaired) electrons. The molecule has 0 aromatic rings. The van der Waals surface area contributed by atoms with Crippen LogP contribution in [-0.2, 0) is 9.53 Å². The van der Waals surface area contributed by atoms with Crippen molar-refractivity contribution < 1.29 is 9.53 Å². The van der Waals surface area contributed by atoms with E-state index in [1.165, 1.54) is 6.42 Å². The van der Waals surface area contributed by atoms with Crippen LogP contribution in [0, 0.1) is 5.92 Å². The second-order valence-electron chi connectivity index (χ2n) is 4.49. The van der Waals surface area contributed by atoms with Crippen LogP contribution in [0.15, 0.2) is 0 Å². The van der Waals surface area contributed by atoms with E-state index in [0.29, 0.717) is 5.92 Å². The van der Waals surface area contributed by atoms with Crippen LogP contribution in [0.1, 0.15) is 19.8 Å². The monoisotopic (exact) mass is 248 g/mol. The van der Waals surface area contributed by atoms with Crippen molar-refractivity contribution in [2.75, 3.05) is 32.8 Å². The molecule has 2 heterocycles. The molecule has 0 bridgehead atoms. The van der Waals surface area contributed by atoms with Crippen molar-refractivity contribution in [1.29, 1.82) is 0 Å². The number of hydrogen-bond acceptors (Lipinski definition) is 3. The number of carbonyl (C=O) groups is 1. The summed E-state index contributed by atoms with van der Waals surface area (Å²) in [6, 6.07) is 0. The molecular formula is C11H21ClN2O2. The Morgan fingerprint density at radius 1 is 1.50 bits per heavy atom. The quantitative estimate of drug-likeness (QED) is 0.795. The van der Waals surface area contributed by atoms with E-state index >= 15 is 0 Å². The van der Waals surface area contributed by atoms with Crippen LogP contribution < -0.4 is 5.32 Å². The number of rotatable bonds is 4. The van der Waals surface area contributed by atoms with Crippen LogP contribution in [0.4, 0.5) is 0 Å². The molecule has 0 saturated carbocycles. The summed E-state index contributed by atoms with van der Waals surface area (Å²) in [5, 5.41) is 3.12. The minimum absolute atomic E-state index is 0. The first-order valence-corrected chi connectivity index (χ1v) is 5.89. The van der Waals surface area contributed by atoms with Crippen molar-refractivity contribution in [3.63, 3.8) is 0 Å². The maximum absolute atomic E-state index is 11.7. The summed E-state index contributed by atoms with van der Waals surface area (Å²) in [5.41, 5.74) is 0. The summed E-state index contributed by atoms with van der Waals surface area (Å²) >= 11 is 0. The lowest BCUT2D eigenvalue weighted by atomic mass is 10.1. The Morgan fingerprint density at radius 2 is 2.25 bits per heavy atom. The number of likely N-dealkylation sites (tertiary alicyclic amines) is 1. The predicted octanol–water partition coefficient (Wildman–Crippen LogP) is 0.655. The van der Waals surface area contributed by atoms with Crippen LogP contribution in [0.2, 0.25) is 0 Å². The maximum Gasteiger partial charge on any atom is 0.248 e. The Bertz CT molecular complexity index is 234. The van der Waals surface area contributed by atoms with Crippen molar-refractivity contribution in [2.45, 2.75) is 25.9 Å². The van der Waals surface area contributed by atoms with Crippen LogP contribution in [0.3, 0.4) is 0 Å². The third-order valence-corrected chi connectivity index (χ3v) is 3.40. The van der Waals surface area contributed by atoms with Gasteiger partial charge in [0.1, 0.15) is 6.61 Å². The van der Waals surface area contributed by atoms with Gasteiger partial charge in [-0.2, -0.15) is 0 Å². The predicted molar refractivity (Wildman–Crippen MR) is 64.8 cm³/mol.